The molecule has 0 saturated heterocycles. The lowest BCUT2D eigenvalue weighted by Gasteiger charge is -2.12. The molecule has 1 aromatic carbocycles. The Bertz CT molecular complexity index is 1170. The van der Waals surface area contributed by atoms with Gasteiger partial charge in [0.25, 0.3) is 0 Å². The van der Waals surface area contributed by atoms with Crippen LogP contribution in [0.4, 0.5) is 11.6 Å². The summed E-state index contributed by atoms with van der Waals surface area (Å²) in [5.74, 6) is 1.18. The van der Waals surface area contributed by atoms with Crippen molar-refractivity contribution in [2.24, 2.45) is 0 Å². The number of benzene rings is 1. The van der Waals surface area contributed by atoms with Crippen LogP contribution in [0.5, 0.6) is 0 Å². The molecule has 0 aliphatic rings. The predicted octanol–water partition coefficient (Wildman–Crippen LogP) is 2.58. The molecular weight excluding hydrogens is 472 g/mol. The standard InChI is InChI=1S/C23H32N6O5S/c1-4-34-15-12-26-35(30,31)19-8-6-18(7-9-19)27-23-24-11-10-20(28-23)21-16-25-22(17-33-3)29(21)13-5-14-32-2/h6-11,16,26H,4-5,12-15,17H2,1-3H3,(H,24,27,28). The van der Waals surface area contributed by atoms with Gasteiger partial charge in [0.1, 0.15) is 12.4 Å². The van der Waals surface area contributed by atoms with Crippen LogP contribution in [0, 0.1) is 0 Å². The summed E-state index contributed by atoms with van der Waals surface area (Å²) in [5.41, 5.74) is 2.20. The van der Waals surface area contributed by atoms with E-state index in [1.54, 1.807) is 38.7 Å². The molecule has 0 saturated carbocycles. The lowest BCUT2D eigenvalue weighted by molar-refractivity contribution is 0.153. The summed E-state index contributed by atoms with van der Waals surface area (Å²) in [6, 6.07) is 8.20. The van der Waals surface area contributed by atoms with Gasteiger partial charge in [0.15, 0.2) is 0 Å². The van der Waals surface area contributed by atoms with E-state index in [9.17, 15) is 8.42 Å². The van der Waals surface area contributed by atoms with Crippen LogP contribution in [-0.2, 0) is 37.4 Å². The van der Waals surface area contributed by atoms with Crippen molar-refractivity contribution in [1.29, 1.82) is 0 Å². The van der Waals surface area contributed by atoms with Gasteiger partial charge in [0.05, 0.1) is 29.1 Å². The Hall–Kier alpha value is -2.90. The van der Waals surface area contributed by atoms with E-state index in [2.05, 4.69) is 29.6 Å². The molecule has 190 valence electrons. The van der Waals surface area contributed by atoms with Crippen LogP contribution in [0.15, 0.2) is 47.6 Å². The Morgan fingerprint density at radius 2 is 1.83 bits per heavy atom. The van der Waals surface area contributed by atoms with Gasteiger partial charge in [-0.15, -0.1) is 0 Å². The van der Waals surface area contributed by atoms with E-state index in [4.69, 9.17) is 14.2 Å². The first-order valence-electron chi connectivity index (χ1n) is 11.3. The molecule has 12 heteroatoms. The molecule has 11 nitrogen and oxygen atoms in total. The van der Waals surface area contributed by atoms with E-state index in [-0.39, 0.29) is 11.4 Å². The fourth-order valence-corrected chi connectivity index (χ4v) is 4.38. The monoisotopic (exact) mass is 504 g/mol. The molecule has 0 radical (unpaired) electrons. The van der Waals surface area contributed by atoms with Crippen molar-refractivity contribution in [3.8, 4) is 11.4 Å². The van der Waals surface area contributed by atoms with Gasteiger partial charge < -0.3 is 24.1 Å². The SMILES string of the molecule is CCOCCNS(=O)(=O)c1ccc(Nc2nccc(-c3cnc(COC)n3CCCOC)n2)cc1. The highest BCUT2D eigenvalue weighted by molar-refractivity contribution is 7.89. The Morgan fingerprint density at radius 3 is 2.54 bits per heavy atom. The highest BCUT2D eigenvalue weighted by Gasteiger charge is 2.15. The van der Waals surface area contributed by atoms with Crippen molar-refractivity contribution in [2.45, 2.75) is 31.4 Å². The van der Waals surface area contributed by atoms with Crippen LogP contribution in [0.1, 0.15) is 19.2 Å². The number of hydrogen-bond acceptors (Lipinski definition) is 9. The maximum atomic E-state index is 12.4. The smallest absolute Gasteiger partial charge is 0.240 e. The lowest BCUT2D eigenvalue weighted by Crippen LogP contribution is -2.27. The normalized spacial score (nSPS) is 11.6. The van der Waals surface area contributed by atoms with Crippen molar-refractivity contribution in [3.63, 3.8) is 0 Å². The minimum absolute atomic E-state index is 0.167. The molecule has 0 spiro atoms. The predicted molar refractivity (Wildman–Crippen MR) is 132 cm³/mol. The average molecular weight is 505 g/mol. The molecule has 2 aromatic heterocycles. The number of nitrogens with zero attached hydrogens (tertiary/aromatic N) is 4. The second-order valence-corrected chi connectivity index (χ2v) is 9.27. The summed E-state index contributed by atoms with van der Waals surface area (Å²) in [7, 11) is -0.300. The van der Waals surface area contributed by atoms with E-state index >= 15 is 0 Å². The van der Waals surface area contributed by atoms with Crippen molar-refractivity contribution < 1.29 is 22.6 Å². The molecule has 2 heterocycles. The van der Waals surface area contributed by atoms with Gasteiger partial charge >= 0.3 is 0 Å². The molecule has 0 bridgehead atoms. The summed E-state index contributed by atoms with van der Waals surface area (Å²) >= 11 is 0. The third kappa shape index (κ3) is 7.54. The molecule has 0 atom stereocenters. The maximum absolute atomic E-state index is 12.4. The van der Waals surface area contributed by atoms with E-state index < -0.39 is 10.0 Å². The van der Waals surface area contributed by atoms with Gasteiger partial charge in [-0.2, -0.15) is 0 Å². The Kier molecular flexibility index (Phi) is 10.1. The van der Waals surface area contributed by atoms with E-state index in [1.807, 2.05) is 13.0 Å². The molecule has 0 fully saturated rings. The number of aromatic nitrogens is 4. The van der Waals surface area contributed by atoms with Crippen LogP contribution >= 0.6 is 0 Å². The first-order chi connectivity index (χ1) is 17.0. The number of imidazole rings is 1. The minimum Gasteiger partial charge on any atom is -0.385 e. The zero-order chi connectivity index (χ0) is 25.1. The highest BCUT2D eigenvalue weighted by Crippen LogP contribution is 2.22. The molecule has 0 amide bonds. The maximum Gasteiger partial charge on any atom is 0.240 e. The zero-order valence-corrected chi connectivity index (χ0v) is 21.0. The molecule has 3 aromatic rings. The summed E-state index contributed by atoms with van der Waals surface area (Å²) in [5, 5.41) is 3.12. The van der Waals surface area contributed by atoms with Crippen LogP contribution < -0.4 is 10.0 Å². The van der Waals surface area contributed by atoms with Crippen molar-refractivity contribution in [2.75, 3.05) is 45.9 Å². The largest absolute Gasteiger partial charge is 0.385 e. The quantitative estimate of drug-likeness (QED) is 0.300. The Morgan fingerprint density at radius 1 is 1.03 bits per heavy atom. The van der Waals surface area contributed by atoms with Crippen LogP contribution in [0.2, 0.25) is 0 Å². The topological polar surface area (TPSA) is 129 Å². The molecule has 35 heavy (non-hydrogen) atoms. The van der Waals surface area contributed by atoms with E-state index in [0.717, 1.165) is 17.9 Å². The molecule has 0 unspecified atom stereocenters. The molecule has 0 aliphatic heterocycles. The Labute approximate surface area is 205 Å². The zero-order valence-electron chi connectivity index (χ0n) is 20.2. The van der Waals surface area contributed by atoms with Crippen molar-refractivity contribution in [3.05, 3.63) is 48.5 Å². The van der Waals surface area contributed by atoms with Gasteiger partial charge in [-0.1, -0.05) is 0 Å². The minimum atomic E-state index is -3.61. The van der Waals surface area contributed by atoms with E-state index in [1.165, 1.54) is 12.1 Å². The Balaban J connectivity index is 1.73. The van der Waals surface area contributed by atoms with Crippen LogP contribution in [-0.4, -0.2) is 68.5 Å². The number of hydrogen-bond donors (Lipinski definition) is 2. The fourth-order valence-electron chi connectivity index (χ4n) is 3.36. The van der Waals surface area contributed by atoms with Gasteiger partial charge in [0.2, 0.25) is 16.0 Å². The number of ether oxygens (including phenoxy) is 3. The summed E-state index contributed by atoms with van der Waals surface area (Å²) in [6.45, 7) is 4.66. The van der Waals surface area contributed by atoms with Gasteiger partial charge in [0, 0.05) is 52.4 Å². The molecular formula is C23H32N6O5S. The molecule has 2 N–H and O–H groups in total. The molecule has 0 aliphatic carbocycles. The summed E-state index contributed by atoms with van der Waals surface area (Å²) < 4.78 is 45.0. The number of methoxy groups -OCH3 is 2. The number of anilines is 2. The second-order valence-electron chi connectivity index (χ2n) is 7.50. The number of rotatable bonds is 15. The summed E-state index contributed by atoms with van der Waals surface area (Å²) in [6.07, 6.45) is 4.25. The number of nitrogens with one attached hydrogen (secondary N) is 2. The third-order valence-corrected chi connectivity index (χ3v) is 6.50. The van der Waals surface area contributed by atoms with Gasteiger partial charge in [-0.3, -0.25) is 0 Å². The lowest BCUT2D eigenvalue weighted by atomic mass is 10.3. The second kappa shape index (κ2) is 13.3. The van der Waals surface area contributed by atoms with Crippen LogP contribution in [0.25, 0.3) is 11.4 Å². The van der Waals surface area contributed by atoms with Gasteiger partial charge in [-0.25, -0.2) is 28.1 Å². The number of sulfonamides is 1. The van der Waals surface area contributed by atoms with Crippen molar-refractivity contribution >= 4 is 21.7 Å². The highest BCUT2D eigenvalue weighted by atomic mass is 32.2. The first kappa shape index (κ1) is 26.7. The van der Waals surface area contributed by atoms with Gasteiger partial charge in [-0.05, 0) is 43.7 Å². The van der Waals surface area contributed by atoms with Crippen molar-refractivity contribution in [1.82, 2.24) is 24.2 Å². The molecule has 3 rings (SSSR count). The third-order valence-electron chi connectivity index (χ3n) is 5.02. The fraction of sp³-hybridized carbons (Fsp3) is 0.435. The van der Waals surface area contributed by atoms with E-state index in [0.29, 0.717) is 50.3 Å². The van der Waals surface area contributed by atoms with Crippen LogP contribution in [0.3, 0.4) is 0 Å². The summed E-state index contributed by atoms with van der Waals surface area (Å²) in [4.78, 5) is 13.6. The first-order valence-corrected chi connectivity index (χ1v) is 12.8. The average Bonchev–Trinajstić information content (AvgIpc) is 3.25.